The zero-order chi connectivity index (χ0) is 22.1. The number of carbonyl (C=O) groups excluding carboxylic acids is 2. The summed E-state index contributed by atoms with van der Waals surface area (Å²) in [6, 6.07) is 7.45. The van der Waals surface area contributed by atoms with Crippen LogP contribution in [-0.4, -0.2) is 28.1 Å². The molecule has 158 valence electrons. The molecule has 4 aromatic rings. The normalized spacial score (nSPS) is 12.0. The van der Waals surface area contributed by atoms with Gasteiger partial charge in [0.1, 0.15) is 17.3 Å². The lowest BCUT2D eigenvalue weighted by atomic mass is 10.1. The predicted molar refractivity (Wildman–Crippen MR) is 104 cm³/mol. The molecule has 31 heavy (non-hydrogen) atoms. The van der Waals surface area contributed by atoms with Crippen molar-refractivity contribution in [2.24, 2.45) is 0 Å². The van der Waals surface area contributed by atoms with Gasteiger partial charge < -0.3 is 19.0 Å². The van der Waals surface area contributed by atoms with Gasteiger partial charge in [-0.25, -0.2) is 18.6 Å². The number of nitrogens with zero attached hydrogens (tertiary/aromatic N) is 2. The van der Waals surface area contributed by atoms with Crippen molar-refractivity contribution >= 4 is 28.7 Å². The number of aromatic nitrogens is 2. The van der Waals surface area contributed by atoms with Gasteiger partial charge in [0.2, 0.25) is 0 Å². The van der Waals surface area contributed by atoms with Crippen LogP contribution in [-0.2, 0) is 9.53 Å². The summed E-state index contributed by atoms with van der Waals surface area (Å²) in [4.78, 5) is 29.5. The van der Waals surface area contributed by atoms with Crippen molar-refractivity contribution in [3.05, 3.63) is 65.6 Å². The van der Waals surface area contributed by atoms with Crippen molar-refractivity contribution in [1.82, 2.24) is 10.1 Å². The van der Waals surface area contributed by atoms with E-state index in [1.807, 2.05) is 0 Å². The van der Waals surface area contributed by atoms with Crippen molar-refractivity contribution in [3.63, 3.8) is 0 Å². The first-order chi connectivity index (χ1) is 14.8. The maximum absolute atomic E-state index is 13.8. The molecule has 4 rings (SSSR count). The van der Waals surface area contributed by atoms with Crippen molar-refractivity contribution in [2.75, 3.05) is 5.32 Å². The van der Waals surface area contributed by atoms with Gasteiger partial charge in [0.05, 0.1) is 28.6 Å². The van der Waals surface area contributed by atoms with Crippen LogP contribution in [0.15, 0.2) is 51.6 Å². The van der Waals surface area contributed by atoms with E-state index in [2.05, 4.69) is 15.5 Å². The van der Waals surface area contributed by atoms with E-state index in [0.717, 1.165) is 12.1 Å². The third kappa shape index (κ3) is 4.00. The molecule has 0 saturated heterocycles. The van der Waals surface area contributed by atoms with Crippen molar-refractivity contribution < 1.29 is 32.0 Å². The first-order valence-electron chi connectivity index (χ1n) is 9.11. The Kier molecular flexibility index (Phi) is 5.20. The number of aryl methyl sites for hydroxylation is 1. The molecular formula is C21H15F2N3O5. The minimum atomic E-state index is -1.28. The second kappa shape index (κ2) is 7.98. The van der Waals surface area contributed by atoms with E-state index in [0.29, 0.717) is 28.6 Å². The molecule has 0 aliphatic carbocycles. The van der Waals surface area contributed by atoms with Crippen LogP contribution in [0, 0.1) is 18.6 Å². The molecule has 8 nitrogen and oxygen atoms in total. The van der Waals surface area contributed by atoms with Crippen LogP contribution in [0.1, 0.15) is 23.0 Å². The third-order valence-electron chi connectivity index (χ3n) is 4.45. The van der Waals surface area contributed by atoms with Gasteiger partial charge in [-0.05, 0) is 44.2 Å². The maximum atomic E-state index is 13.8. The molecule has 0 aliphatic rings. The second-order valence-electron chi connectivity index (χ2n) is 6.64. The van der Waals surface area contributed by atoms with Gasteiger partial charge in [0.15, 0.2) is 11.9 Å². The smallest absolute Gasteiger partial charge is 0.339 e. The first kappa shape index (κ1) is 20.2. The van der Waals surface area contributed by atoms with Gasteiger partial charge in [-0.3, -0.25) is 4.79 Å². The van der Waals surface area contributed by atoms with Crippen LogP contribution in [0.2, 0.25) is 0 Å². The Morgan fingerprint density at radius 3 is 2.71 bits per heavy atom. The lowest BCUT2D eigenvalue weighted by molar-refractivity contribution is -0.123. The Morgan fingerprint density at radius 2 is 2.00 bits per heavy atom. The molecule has 0 saturated carbocycles. The molecule has 1 aromatic carbocycles. The SMILES string of the molecule is Cc1noc2nc(-c3ccco3)cc(C(=O)OC(C)C(=O)Nc3ccc(F)cc3F)c12. The summed E-state index contributed by atoms with van der Waals surface area (Å²) in [6.07, 6.45) is 0.165. The molecule has 1 amide bonds. The lowest BCUT2D eigenvalue weighted by Crippen LogP contribution is -2.30. The number of rotatable bonds is 5. The number of hydrogen-bond donors (Lipinski definition) is 1. The summed E-state index contributed by atoms with van der Waals surface area (Å²) < 4.78 is 42.5. The Balaban J connectivity index is 1.59. The molecule has 3 aromatic heterocycles. The highest BCUT2D eigenvalue weighted by molar-refractivity contribution is 6.05. The summed E-state index contributed by atoms with van der Waals surface area (Å²) in [5.41, 5.74) is 0.652. The lowest BCUT2D eigenvalue weighted by Gasteiger charge is -2.14. The molecule has 0 bridgehead atoms. The Bertz CT molecular complexity index is 1280. The molecule has 0 spiro atoms. The van der Waals surface area contributed by atoms with Crippen LogP contribution in [0.25, 0.3) is 22.6 Å². The van der Waals surface area contributed by atoms with Gasteiger partial charge in [0, 0.05) is 6.07 Å². The van der Waals surface area contributed by atoms with E-state index in [4.69, 9.17) is 13.7 Å². The van der Waals surface area contributed by atoms with E-state index in [1.54, 1.807) is 19.1 Å². The van der Waals surface area contributed by atoms with E-state index >= 15 is 0 Å². The monoisotopic (exact) mass is 427 g/mol. The molecule has 0 fully saturated rings. The number of nitrogens with one attached hydrogen (secondary N) is 1. The quantitative estimate of drug-likeness (QED) is 0.474. The van der Waals surface area contributed by atoms with E-state index in [-0.39, 0.29) is 17.0 Å². The number of amides is 1. The molecular weight excluding hydrogens is 412 g/mol. The van der Waals surface area contributed by atoms with Crippen molar-refractivity contribution in [2.45, 2.75) is 20.0 Å². The number of halogens is 2. The number of fused-ring (bicyclic) bond motifs is 1. The highest BCUT2D eigenvalue weighted by Crippen LogP contribution is 2.28. The number of ether oxygens (including phenoxy) is 1. The van der Waals surface area contributed by atoms with Gasteiger partial charge in [-0.2, -0.15) is 0 Å². The molecule has 1 atom stereocenters. The summed E-state index contributed by atoms with van der Waals surface area (Å²) in [7, 11) is 0. The molecule has 1 N–H and O–H groups in total. The molecule has 1 unspecified atom stereocenters. The predicted octanol–water partition coefficient (Wildman–Crippen LogP) is 4.25. The Labute approximate surface area is 173 Å². The average molecular weight is 427 g/mol. The van der Waals surface area contributed by atoms with Crippen molar-refractivity contribution in [1.29, 1.82) is 0 Å². The number of anilines is 1. The molecule has 0 aliphatic heterocycles. The number of benzene rings is 1. The second-order valence-corrected chi connectivity index (χ2v) is 6.64. The standard InChI is InChI=1S/C21H15F2N3O5/c1-10-18-13(9-16(17-4-3-7-29-17)25-20(18)31-26-10)21(28)30-11(2)19(27)24-15-6-5-12(22)8-14(15)23/h3-9,11H,1-2H3,(H,24,27). The molecule has 10 heteroatoms. The fourth-order valence-corrected chi connectivity index (χ4v) is 2.91. The zero-order valence-electron chi connectivity index (χ0n) is 16.3. The molecule has 0 radical (unpaired) electrons. The van der Waals surface area contributed by atoms with Crippen LogP contribution < -0.4 is 5.32 Å². The number of furan rings is 1. The Hall–Kier alpha value is -4.08. The maximum Gasteiger partial charge on any atom is 0.339 e. The van der Waals surface area contributed by atoms with Crippen LogP contribution in [0.5, 0.6) is 0 Å². The zero-order valence-corrected chi connectivity index (χ0v) is 16.3. The van der Waals surface area contributed by atoms with Gasteiger partial charge in [-0.1, -0.05) is 5.16 Å². The third-order valence-corrected chi connectivity index (χ3v) is 4.45. The highest BCUT2D eigenvalue weighted by Gasteiger charge is 2.25. The van der Waals surface area contributed by atoms with Crippen LogP contribution in [0.3, 0.4) is 0 Å². The van der Waals surface area contributed by atoms with E-state index < -0.39 is 29.6 Å². The van der Waals surface area contributed by atoms with Crippen LogP contribution in [0.4, 0.5) is 14.5 Å². The topological polar surface area (TPSA) is 107 Å². The average Bonchev–Trinajstić information content (AvgIpc) is 3.39. The molecule has 3 heterocycles. The van der Waals surface area contributed by atoms with Gasteiger partial charge >= 0.3 is 5.97 Å². The Morgan fingerprint density at radius 1 is 1.19 bits per heavy atom. The number of pyridine rings is 1. The van der Waals surface area contributed by atoms with Crippen molar-refractivity contribution in [3.8, 4) is 11.5 Å². The summed E-state index contributed by atoms with van der Waals surface area (Å²) in [5, 5.41) is 6.41. The van der Waals surface area contributed by atoms with Crippen LogP contribution >= 0.6 is 0 Å². The summed E-state index contributed by atoms with van der Waals surface area (Å²) in [5.74, 6) is -2.98. The first-order valence-corrected chi connectivity index (χ1v) is 9.11. The minimum absolute atomic E-state index is 0.0720. The van der Waals surface area contributed by atoms with Gasteiger partial charge in [0.25, 0.3) is 11.6 Å². The number of carbonyl (C=O) groups is 2. The number of hydrogen-bond acceptors (Lipinski definition) is 7. The van der Waals surface area contributed by atoms with E-state index in [1.165, 1.54) is 19.3 Å². The summed E-state index contributed by atoms with van der Waals surface area (Å²) in [6.45, 7) is 2.95. The fourth-order valence-electron chi connectivity index (χ4n) is 2.91. The number of esters is 1. The highest BCUT2D eigenvalue weighted by atomic mass is 19.1. The fraction of sp³-hybridized carbons (Fsp3) is 0.143. The van der Waals surface area contributed by atoms with E-state index in [9.17, 15) is 18.4 Å². The largest absolute Gasteiger partial charge is 0.463 e. The minimum Gasteiger partial charge on any atom is -0.463 e. The summed E-state index contributed by atoms with van der Waals surface area (Å²) >= 11 is 0. The van der Waals surface area contributed by atoms with Gasteiger partial charge in [-0.15, -0.1) is 0 Å².